The Kier molecular flexibility index (Phi) is 3.87. The van der Waals surface area contributed by atoms with E-state index in [9.17, 15) is 0 Å². The Morgan fingerprint density at radius 3 is 2.62 bits per heavy atom. The van der Waals surface area contributed by atoms with Crippen molar-refractivity contribution in [3.63, 3.8) is 0 Å². The van der Waals surface area contributed by atoms with Crippen LogP contribution < -0.4 is 5.32 Å². The van der Waals surface area contributed by atoms with Gasteiger partial charge >= 0.3 is 0 Å². The van der Waals surface area contributed by atoms with Crippen molar-refractivity contribution in [2.45, 2.75) is 26.3 Å². The highest BCUT2D eigenvalue weighted by molar-refractivity contribution is 5.94. The van der Waals surface area contributed by atoms with Gasteiger partial charge in [-0.15, -0.1) is 0 Å². The fourth-order valence-corrected chi connectivity index (χ4v) is 3.38. The van der Waals surface area contributed by atoms with Gasteiger partial charge in [0.1, 0.15) is 17.0 Å². The summed E-state index contributed by atoms with van der Waals surface area (Å²) < 4.78 is 6.05. The van der Waals surface area contributed by atoms with E-state index in [1.54, 1.807) is 0 Å². The summed E-state index contributed by atoms with van der Waals surface area (Å²) in [4.78, 5) is 9.39. The molecule has 6 nitrogen and oxygen atoms in total. The van der Waals surface area contributed by atoms with Gasteiger partial charge < -0.3 is 9.73 Å². The minimum atomic E-state index is -0.158. The quantitative estimate of drug-likeness (QED) is 0.421. The summed E-state index contributed by atoms with van der Waals surface area (Å²) in [7, 11) is 0. The van der Waals surface area contributed by atoms with E-state index in [0.29, 0.717) is 5.89 Å². The summed E-state index contributed by atoms with van der Waals surface area (Å²) in [5.41, 5.74) is 4.96. The van der Waals surface area contributed by atoms with Gasteiger partial charge in [-0.3, -0.25) is 5.10 Å². The van der Waals surface area contributed by atoms with Crippen LogP contribution in [0.25, 0.3) is 44.7 Å². The van der Waals surface area contributed by atoms with Crippen LogP contribution in [0.4, 0.5) is 5.82 Å². The largest absolute Gasteiger partial charge is 0.436 e. The molecule has 144 valence electrons. The van der Waals surface area contributed by atoms with Crippen LogP contribution in [0.1, 0.15) is 20.8 Å². The van der Waals surface area contributed by atoms with Crippen LogP contribution in [-0.4, -0.2) is 25.7 Å². The zero-order valence-electron chi connectivity index (χ0n) is 16.5. The van der Waals surface area contributed by atoms with E-state index < -0.39 is 0 Å². The van der Waals surface area contributed by atoms with E-state index in [2.05, 4.69) is 47.3 Å². The van der Waals surface area contributed by atoms with Gasteiger partial charge in [0.15, 0.2) is 5.58 Å². The number of nitrogens with zero attached hydrogens (tertiary/aromatic N) is 3. The number of hydrogen-bond acceptors (Lipinski definition) is 5. The normalized spacial score (nSPS) is 12.0. The minimum Gasteiger partial charge on any atom is -0.436 e. The van der Waals surface area contributed by atoms with Crippen molar-refractivity contribution < 1.29 is 4.42 Å². The highest BCUT2D eigenvalue weighted by Gasteiger charge is 2.20. The topological polar surface area (TPSA) is 79.6 Å². The van der Waals surface area contributed by atoms with E-state index in [0.717, 1.165) is 44.6 Å². The fourth-order valence-electron chi connectivity index (χ4n) is 3.38. The smallest absolute Gasteiger partial charge is 0.231 e. The zero-order valence-corrected chi connectivity index (χ0v) is 16.5. The number of anilines is 1. The zero-order chi connectivity index (χ0) is 20.0. The lowest BCUT2D eigenvalue weighted by molar-refractivity contribution is 0.614. The molecule has 0 aliphatic rings. The first-order valence-electron chi connectivity index (χ1n) is 9.56. The van der Waals surface area contributed by atoms with E-state index in [4.69, 9.17) is 9.40 Å². The maximum Gasteiger partial charge on any atom is 0.231 e. The molecule has 0 saturated heterocycles. The molecule has 5 rings (SSSR count). The average molecular weight is 383 g/mol. The molecule has 0 aliphatic carbocycles. The number of benzene rings is 2. The van der Waals surface area contributed by atoms with Crippen molar-refractivity contribution in [2.24, 2.45) is 0 Å². The van der Waals surface area contributed by atoms with Crippen molar-refractivity contribution in [3.8, 4) is 22.7 Å². The molecule has 0 amide bonds. The maximum absolute atomic E-state index is 6.05. The van der Waals surface area contributed by atoms with Gasteiger partial charge in [-0.2, -0.15) is 5.10 Å². The van der Waals surface area contributed by atoms with Gasteiger partial charge in [-0.05, 0) is 45.0 Å². The lowest BCUT2D eigenvalue weighted by atomic mass is 10.1. The number of aromatic amines is 1. The minimum absolute atomic E-state index is 0.158. The lowest BCUT2D eigenvalue weighted by Crippen LogP contribution is -2.27. The molecule has 29 heavy (non-hydrogen) atoms. The lowest BCUT2D eigenvalue weighted by Gasteiger charge is -2.22. The molecule has 0 radical (unpaired) electrons. The molecule has 3 heterocycles. The van der Waals surface area contributed by atoms with Crippen molar-refractivity contribution in [3.05, 3.63) is 60.8 Å². The monoisotopic (exact) mass is 383 g/mol. The van der Waals surface area contributed by atoms with E-state index in [-0.39, 0.29) is 5.54 Å². The number of para-hydroxylation sites is 3. The third-order valence-corrected chi connectivity index (χ3v) is 4.65. The van der Waals surface area contributed by atoms with Crippen molar-refractivity contribution in [1.82, 2.24) is 20.2 Å². The number of oxazole rings is 1. The van der Waals surface area contributed by atoms with Crippen molar-refractivity contribution in [2.75, 3.05) is 5.32 Å². The van der Waals surface area contributed by atoms with Crippen LogP contribution in [0.5, 0.6) is 0 Å². The van der Waals surface area contributed by atoms with Crippen LogP contribution in [-0.2, 0) is 0 Å². The number of hydrogen-bond donors (Lipinski definition) is 2. The van der Waals surface area contributed by atoms with E-state index in [1.165, 1.54) is 0 Å². The van der Waals surface area contributed by atoms with Gasteiger partial charge in [0.2, 0.25) is 5.89 Å². The standard InChI is InChI=1S/C23H21N5O/c1-23(2,3)26-21-16(22-25-18-10-6-7-11-19(18)29-22)12-14(13-24-21)20-15-8-4-5-9-17(15)27-28-20/h4-13H,1-3H3,(H,24,26)(H,27,28). The van der Waals surface area contributed by atoms with Gasteiger partial charge in [0.05, 0.1) is 11.1 Å². The van der Waals surface area contributed by atoms with Gasteiger partial charge in [-0.25, -0.2) is 9.97 Å². The Balaban J connectivity index is 1.70. The Labute approximate surface area is 168 Å². The Morgan fingerprint density at radius 1 is 1.00 bits per heavy atom. The van der Waals surface area contributed by atoms with Gasteiger partial charge in [-0.1, -0.05) is 30.3 Å². The van der Waals surface area contributed by atoms with Crippen molar-refractivity contribution >= 4 is 27.8 Å². The summed E-state index contributed by atoms with van der Waals surface area (Å²) in [6.45, 7) is 6.29. The average Bonchev–Trinajstić information content (AvgIpc) is 3.31. The molecule has 0 aliphatic heterocycles. The van der Waals surface area contributed by atoms with Crippen LogP contribution in [0, 0.1) is 0 Å². The number of H-pyrrole nitrogens is 1. The second kappa shape index (κ2) is 6.44. The molecule has 0 unspecified atom stereocenters. The van der Waals surface area contributed by atoms with E-state index in [1.807, 2.05) is 54.7 Å². The highest BCUT2D eigenvalue weighted by Crippen LogP contribution is 2.35. The molecule has 2 N–H and O–H groups in total. The first kappa shape index (κ1) is 17.4. The first-order valence-corrected chi connectivity index (χ1v) is 9.56. The predicted octanol–water partition coefficient (Wildman–Crippen LogP) is 5.64. The van der Waals surface area contributed by atoms with Crippen molar-refractivity contribution in [1.29, 1.82) is 0 Å². The number of aromatic nitrogens is 4. The molecule has 5 aromatic rings. The third-order valence-electron chi connectivity index (χ3n) is 4.65. The molecule has 0 spiro atoms. The SMILES string of the molecule is CC(C)(C)Nc1ncc(-c2n[nH]c3ccccc23)cc1-c1nc2ccccc2o1. The Morgan fingerprint density at radius 2 is 1.79 bits per heavy atom. The number of fused-ring (bicyclic) bond motifs is 2. The molecule has 2 aromatic carbocycles. The molecular weight excluding hydrogens is 362 g/mol. The van der Waals surface area contributed by atoms with Crippen LogP contribution in [0.15, 0.2) is 65.2 Å². The van der Waals surface area contributed by atoms with Crippen LogP contribution >= 0.6 is 0 Å². The van der Waals surface area contributed by atoms with Gasteiger partial charge in [0, 0.05) is 22.7 Å². The predicted molar refractivity (Wildman–Crippen MR) is 116 cm³/mol. The van der Waals surface area contributed by atoms with Gasteiger partial charge in [0.25, 0.3) is 0 Å². The van der Waals surface area contributed by atoms with E-state index >= 15 is 0 Å². The first-order chi connectivity index (χ1) is 14.0. The molecule has 3 aromatic heterocycles. The second-order valence-corrected chi connectivity index (χ2v) is 8.10. The molecule has 0 saturated carbocycles. The third kappa shape index (κ3) is 3.23. The molecule has 0 atom stereocenters. The molecule has 0 bridgehead atoms. The number of pyridine rings is 1. The van der Waals surface area contributed by atoms with Crippen LogP contribution in [0.3, 0.4) is 0 Å². The summed E-state index contributed by atoms with van der Waals surface area (Å²) in [6, 6.07) is 17.8. The molecular formula is C23H21N5O. The Hall–Kier alpha value is -3.67. The summed E-state index contributed by atoms with van der Waals surface area (Å²) in [5.74, 6) is 1.26. The summed E-state index contributed by atoms with van der Waals surface area (Å²) in [5, 5.41) is 12.1. The Bertz CT molecular complexity index is 1290. The fraction of sp³-hybridized carbons (Fsp3) is 0.174. The number of nitrogens with one attached hydrogen (secondary N) is 2. The maximum atomic E-state index is 6.05. The number of rotatable bonds is 3. The second-order valence-electron chi connectivity index (χ2n) is 8.10. The molecule has 6 heteroatoms. The van der Waals surface area contributed by atoms with Crippen LogP contribution in [0.2, 0.25) is 0 Å². The molecule has 0 fully saturated rings. The summed E-state index contributed by atoms with van der Waals surface area (Å²) >= 11 is 0. The highest BCUT2D eigenvalue weighted by atomic mass is 16.3. The summed E-state index contributed by atoms with van der Waals surface area (Å²) in [6.07, 6.45) is 1.84.